The van der Waals surface area contributed by atoms with Gasteiger partial charge < -0.3 is 10.5 Å². The Bertz CT molecular complexity index is 360. The Hall–Kier alpha value is -1.68. The van der Waals surface area contributed by atoms with E-state index in [4.69, 9.17) is 10.5 Å². The van der Waals surface area contributed by atoms with E-state index in [1.165, 1.54) is 13.0 Å². The summed E-state index contributed by atoms with van der Waals surface area (Å²) in [5.41, 5.74) is 5.65. The summed E-state index contributed by atoms with van der Waals surface area (Å²) in [7, 11) is 0. The van der Waals surface area contributed by atoms with Crippen molar-refractivity contribution in [3.05, 3.63) is 29.8 Å². The van der Waals surface area contributed by atoms with Gasteiger partial charge in [-0.05, 0) is 12.1 Å². The van der Waals surface area contributed by atoms with Gasteiger partial charge in [0.25, 0.3) is 0 Å². The molecule has 0 saturated heterocycles. The highest BCUT2D eigenvalue weighted by Crippen LogP contribution is 2.13. The third-order valence-corrected chi connectivity index (χ3v) is 1.60. The number of nitrogens with two attached hydrogens (primary N) is 1. The van der Waals surface area contributed by atoms with E-state index in [1.54, 1.807) is 18.2 Å². The first-order valence-electron chi connectivity index (χ1n) is 4.15. The molecule has 1 aromatic rings. The summed E-state index contributed by atoms with van der Waals surface area (Å²) in [5.74, 6) is -0.238. The predicted octanol–water partition coefficient (Wildman–Crippen LogP) is 0.753. The molecule has 0 amide bonds. The Morgan fingerprint density at radius 1 is 1.43 bits per heavy atom. The molecule has 2 N–H and O–H groups in total. The van der Waals surface area contributed by atoms with Crippen molar-refractivity contribution in [1.29, 1.82) is 0 Å². The molecule has 74 valence electrons. The molecular weight excluding hydrogens is 182 g/mol. The molecule has 0 fully saturated rings. The molecule has 0 saturated carbocycles. The normalized spacial score (nSPS) is 9.57. The number of ketones is 1. The first kappa shape index (κ1) is 10.4. The van der Waals surface area contributed by atoms with Crippen molar-refractivity contribution in [2.45, 2.75) is 6.92 Å². The highest BCUT2D eigenvalue weighted by molar-refractivity contribution is 5.97. The lowest BCUT2D eigenvalue weighted by molar-refractivity contribution is -0.131. The summed E-state index contributed by atoms with van der Waals surface area (Å²) in [6, 6.07) is 6.37. The average Bonchev–Trinajstić information content (AvgIpc) is 2.16. The number of esters is 1. The second-order valence-electron chi connectivity index (χ2n) is 2.75. The zero-order chi connectivity index (χ0) is 10.6. The van der Waals surface area contributed by atoms with E-state index >= 15 is 0 Å². The number of carbonyl (C=O) groups excluding carboxylic acids is 2. The van der Waals surface area contributed by atoms with Gasteiger partial charge in [0, 0.05) is 12.5 Å². The molecule has 0 atom stereocenters. The van der Waals surface area contributed by atoms with Crippen molar-refractivity contribution >= 4 is 11.8 Å². The molecule has 4 heteroatoms. The third kappa shape index (κ3) is 2.67. The second kappa shape index (κ2) is 4.53. The Labute approximate surface area is 81.7 Å². The number of hydrogen-bond acceptors (Lipinski definition) is 4. The first-order chi connectivity index (χ1) is 6.63. The van der Waals surface area contributed by atoms with Gasteiger partial charge in [0.1, 0.15) is 5.75 Å². The molecule has 4 nitrogen and oxygen atoms in total. The monoisotopic (exact) mass is 193 g/mol. The van der Waals surface area contributed by atoms with E-state index < -0.39 is 5.97 Å². The van der Waals surface area contributed by atoms with Gasteiger partial charge in [0.2, 0.25) is 0 Å². The number of ether oxygens (including phenoxy) is 1. The van der Waals surface area contributed by atoms with Crippen molar-refractivity contribution in [3.63, 3.8) is 0 Å². The van der Waals surface area contributed by atoms with E-state index in [9.17, 15) is 9.59 Å². The largest absolute Gasteiger partial charge is 0.427 e. The summed E-state index contributed by atoms with van der Waals surface area (Å²) in [5, 5.41) is 0. The molecule has 0 aliphatic carbocycles. The van der Waals surface area contributed by atoms with E-state index in [0.717, 1.165) is 0 Å². The quantitative estimate of drug-likeness (QED) is 0.437. The van der Waals surface area contributed by atoms with Crippen molar-refractivity contribution < 1.29 is 14.3 Å². The SMILES string of the molecule is CC(=O)Oc1cccc(C(=O)CN)c1. The molecule has 0 heterocycles. The van der Waals surface area contributed by atoms with Crippen LogP contribution in [0.5, 0.6) is 5.75 Å². The average molecular weight is 193 g/mol. The zero-order valence-corrected chi connectivity index (χ0v) is 7.82. The smallest absolute Gasteiger partial charge is 0.308 e. The Balaban J connectivity index is 2.89. The third-order valence-electron chi connectivity index (χ3n) is 1.60. The van der Waals surface area contributed by atoms with Crippen LogP contribution in [0, 0.1) is 0 Å². The van der Waals surface area contributed by atoms with Gasteiger partial charge in [-0.2, -0.15) is 0 Å². The highest BCUT2D eigenvalue weighted by Gasteiger charge is 2.05. The number of carbonyl (C=O) groups is 2. The van der Waals surface area contributed by atoms with Gasteiger partial charge in [-0.1, -0.05) is 12.1 Å². The van der Waals surface area contributed by atoms with Crippen LogP contribution in [-0.2, 0) is 4.79 Å². The molecule has 1 aromatic carbocycles. The zero-order valence-electron chi connectivity index (χ0n) is 7.82. The van der Waals surface area contributed by atoms with Crippen LogP contribution in [0.15, 0.2) is 24.3 Å². The lowest BCUT2D eigenvalue weighted by Gasteiger charge is -2.02. The van der Waals surface area contributed by atoms with E-state index in [-0.39, 0.29) is 12.3 Å². The summed E-state index contributed by atoms with van der Waals surface area (Å²) < 4.78 is 4.82. The van der Waals surface area contributed by atoms with Gasteiger partial charge in [0.15, 0.2) is 5.78 Å². The minimum atomic E-state index is -0.414. The maximum absolute atomic E-state index is 11.2. The Kier molecular flexibility index (Phi) is 3.36. The molecule has 0 unspecified atom stereocenters. The lowest BCUT2D eigenvalue weighted by atomic mass is 10.1. The number of Topliss-reactive ketones (excluding diaryl/α,β-unsaturated/α-hetero) is 1. The molecular formula is C10H11NO3. The van der Waals surface area contributed by atoms with Crippen molar-refractivity contribution in [3.8, 4) is 5.75 Å². The van der Waals surface area contributed by atoms with Gasteiger partial charge in [-0.25, -0.2) is 0 Å². The van der Waals surface area contributed by atoms with Crippen molar-refractivity contribution in [1.82, 2.24) is 0 Å². The molecule has 0 aliphatic heterocycles. The summed E-state index contributed by atoms with van der Waals surface area (Å²) >= 11 is 0. The Morgan fingerprint density at radius 3 is 2.71 bits per heavy atom. The van der Waals surface area contributed by atoms with Crippen LogP contribution in [-0.4, -0.2) is 18.3 Å². The number of hydrogen-bond donors (Lipinski definition) is 1. The standard InChI is InChI=1S/C10H11NO3/c1-7(12)14-9-4-2-3-8(5-9)10(13)6-11/h2-5H,6,11H2,1H3. The molecule has 0 bridgehead atoms. The fourth-order valence-corrected chi connectivity index (χ4v) is 1.02. The van der Waals surface area contributed by atoms with E-state index in [1.807, 2.05) is 0 Å². The Morgan fingerprint density at radius 2 is 2.14 bits per heavy atom. The summed E-state index contributed by atoms with van der Waals surface area (Å²) in [6.07, 6.45) is 0. The number of rotatable bonds is 3. The molecule has 0 spiro atoms. The minimum absolute atomic E-state index is 0.0521. The fraction of sp³-hybridized carbons (Fsp3) is 0.200. The van der Waals surface area contributed by atoms with Gasteiger partial charge >= 0.3 is 5.97 Å². The van der Waals surface area contributed by atoms with E-state index in [2.05, 4.69) is 0 Å². The van der Waals surface area contributed by atoms with Crippen LogP contribution in [0.4, 0.5) is 0 Å². The summed E-state index contributed by atoms with van der Waals surface area (Å²) in [4.78, 5) is 21.8. The van der Waals surface area contributed by atoms with E-state index in [0.29, 0.717) is 11.3 Å². The fourth-order valence-electron chi connectivity index (χ4n) is 1.02. The van der Waals surface area contributed by atoms with Gasteiger partial charge in [-0.3, -0.25) is 9.59 Å². The summed E-state index contributed by atoms with van der Waals surface area (Å²) in [6.45, 7) is 1.25. The van der Waals surface area contributed by atoms with Crippen LogP contribution in [0.1, 0.15) is 17.3 Å². The molecule has 1 rings (SSSR count). The van der Waals surface area contributed by atoms with Crippen molar-refractivity contribution in [2.24, 2.45) is 5.73 Å². The maximum atomic E-state index is 11.2. The van der Waals surface area contributed by atoms with Crippen LogP contribution in [0.25, 0.3) is 0 Å². The molecule has 0 aromatic heterocycles. The van der Waals surface area contributed by atoms with Crippen LogP contribution >= 0.6 is 0 Å². The topological polar surface area (TPSA) is 69.4 Å². The predicted molar refractivity (Wildman–Crippen MR) is 51.1 cm³/mol. The minimum Gasteiger partial charge on any atom is -0.427 e. The van der Waals surface area contributed by atoms with Crippen LogP contribution in [0.3, 0.4) is 0 Å². The lowest BCUT2D eigenvalue weighted by Crippen LogP contribution is -2.13. The maximum Gasteiger partial charge on any atom is 0.308 e. The van der Waals surface area contributed by atoms with Crippen LogP contribution < -0.4 is 10.5 Å². The number of benzene rings is 1. The van der Waals surface area contributed by atoms with Gasteiger partial charge in [-0.15, -0.1) is 0 Å². The second-order valence-corrected chi connectivity index (χ2v) is 2.75. The highest BCUT2D eigenvalue weighted by atomic mass is 16.5. The molecule has 14 heavy (non-hydrogen) atoms. The van der Waals surface area contributed by atoms with Gasteiger partial charge in [0.05, 0.1) is 6.54 Å². The van der Waals surface area contributed by atoms with Crippen LogP contribution in [0.2, 0.25) is 0 Å². The molecule has 0 aliphatic rings. The molecule has 0 radical (unpaired) electrons. The first-order valence-corrected chi connectivity index (χ1v) is 4.15. The van der Waals surface area contributed by atoms with Crippen molar-refractivity contribution in [2.75, 3.05) is 6.54 Å².